The molecule has 0 radical (unpaired) electrons. The quantitative estimate of drug-likeness (QED) is 0.850. The van der Waals surface area contributed by atoms with Crippen molar-refractivity contribution < 1.29 is 4.74 Å². The topological polar surface area (TPSA) is 47.0 Å². The first-order valence-electron chi connectivity index (χ1n) is 6.53. The van der Waals surface area contributed by atoms with Gasteiger partial charge in [-0.2, -0.15) is 0 Å². The van der Waals surface area contributed by atoms with Crippen molar-refractivity contribution in [1.29, 1.82) is 0 Å². The average molecular weight is 270 g/mol. The Morgan fingerprint density at radius 1 is 1.33 bits per heavy atom. The summed E-state index contributed by atoms with van der Waals surface area (Å²) in [6.07, 6.45) is 8.06. The second-order valence-corrected chi connectivity index (χ2v) is 5.24. The maximum Gasteiger partial charge on any atom is 0.198 e. The van der Waals surface area contributed by atoms with Crippen molar-refractivity contribution in [2.75, 3.05) is 12.4 Å². The predicted molar refractivity (Wildman–Crippen MR) is 73.3 cm³/mol. The maximum absolute atomic E-state index is 5.98. The fourth-order valence-electron chi connectivity index (χ4n) is 2.60. The number of methoxy groups -OCH3 is 1. The Morgan fingerprint density at radius 3 is 2.72 bits per heavy atom. The van der Waals surface area contributed by atoms with Gasteiger partial charge in [0.25, 0.3) is 0 Å². The highest BCUT2D eigenvalue weighted by molar-refractivity contribution is 6.31. The van der Waals surface area contributed by atoms with Crippen molar-refractivity contribution >= 4 is 17.4 Å². The largest absolute Gasteiger partial charge is 0.490 e. The van der Waals surface area contributed by atoms with Crippen LogP contribution in [-0.4, -0.2) is 23.1 Å². The first-order valence-corrected chi connectivity index (χ1v) is 6.91. The summed E-state index contributed by atoms with van der Waals surface area (Å²) in [5.41, 5.74) is 0. The number of ether oxygens (including phenoxy) is 1. The molecule has 1 N–H and O–H groups in total. The Balaban J connectivity index is 2.06. The fraction of sp³-hybridized carbons (Fsp3) is 0.692. The number of halogens is 1. The van der Waals surface area contributed by atoms with Gasteiger partial charge in [0.05, 0.1) is 7.11 Å². The highest BCUT2D eigenvalue weighted by Gasteiger charge is 2.21. The lowest BCUT2D eigenvalue weighted by molar-refractivity contribution is 0.327. The second-order valence-electron chi connectivity index (χ2n) is 4.88. The second kappa shape index (κ2) is 6.23. The molecule has 2 rings (SSSR count). The van der Waals surface area contributed by atoms with E-state index in [0.29, 0.717) is 28.7 Å². The third kappa shape index (κ3) is 3.05. The Morgan fingerprint density at radius 2 is 2.06 bits per heavy atom. The Bertz CT molecular complexity index is 394. The number of hydrogen-bond donors (Lipinski definition) is 1. The van der Waals surface area contributed by atoms with Gasteiger partial charge in [-0.1, -0.05) is 30.9 Å². The number of aromatic nitrogens is 2. The van der Waals surface area contributed by atoms with Gasteiger partial charge >= 0.3 is 0 Å². The number of nitrogens with zero attached hydrogens (tertiary/aromatic N) is 2. The van der Waals surface area contributed by atoms with E-state index in [9.17, 15) is 0 Å². The molecule has 1 aliphatic carbocycles. The van der Waals surface area contributed by atoms with Crippen LogP contribution in [-0.2, 0) is 0 Å². The molecule has 1 aliphatic rings. The van der Waals surface area contributed by atoms with Gasteiger partial charge in [-0.25, -0.2) is 9.97 Å². The molecule has 1 aromatic rings. The molecule has 1 fully saturated rings. The number of rotatable bonds is 4. The lowest BCUT2D eigenvalue weighted by atomic mass is 9.84. The Labute approximate surface area is 113 Å². The molecule has 0 spiro atoms. The zero-order valence-corrected chi connectivity index (χ0v) is 11.7. The number of nitrogens with one attached hydrogen (secondary N) is 1. The molecule has 0 aromatic carbocycles. The van der Waals surface area contributed by atoms with Crippen molar-refractivity contribution in [3.05, 3.63) is 11.5 Å². The van der Waals surface area contributed by atoms with Gasteiger partial charge in [-0.05, 0) is 25.7 Å². The third-order valence-electron chi connectivity index (χ3n) is 3.69. The van der Waals surface area contributed by atoms with Crippen LogP contribution in [0.5, 0.6) is 5.75 Å². The van der Waals surface area contributed by atoms with Gasteiger partial charge < -0.3 is 10.1 Å². The van der Waals surface area contributed by atoms with Gasteiger partial charge in [-0.15, -0.1) is 0 Å². The Kier molecular flexibility index (Phi) is 4.64. The first-order chi connectivity index (χ1) is 8.72. The van der Waals surface area contributed by atoms with E-state index in [1.807, 2.05) is 0 Å². The van der Waals surface area contributed by atoms with E-state index in [-0.39, 0.29) is 0 Å². The summed E-state index contributed by atoms with van der Waals surface area (Å²) in [5, 5.41) is 3.76. The number of hydrogen-bond acceptors (Lipinski definition) is 4. The van der Waals surface area contributed by atoms with Crippen LogP contribution >= 0.6 is 11.6 Å². The minimum absolute atomic E-state index is 0.353. The summed E-state index contributed by atoms with van der Waals surface area (Å²) in [6, 6.07) is 0.380. The van der Waals surface area contributed by atoms with Crippen LogP contribution in [0.25, 0.3) is 0 Å². The maximum atomic E-state index is 5.98. The number of anilines is 1. The van der Waals surface area contributed by atoms with Crippen LogP contribution in [0.3, 0.4) is 0 Å². The molecule has 4 nitrogen and oxygen atoms in total. The Hall–Kier alpha value is -1.03. The van der Waals surface area contributed by atoms with Crippen molar-refractivity contribution in [2.45, 2.75) is 45.1 Å². The highest BCUT2D eigenvalue weighted by atomic mass is 35.5. The highest BCUT2D eigenvalue weighted by Crippen LogP contribution is 2.32. The van der Waals surface area contributed by atoms with E-state index in [0.717, 1.165) is 0 Å². The average Bonchev–Trinajstić information content (AvgIpc) is 2.40. The van der Waals surface area contributed by atoms with Crippen LogP contribution in [0, 0.1) is 5.92 Å². The minimum atomic E-state index is 0.353. The van der Waals surface area contributed by atoms with Crippen molar-refractivity contribution in [3.63, 3.8) is 0 Å². The lowest BCUT2D eigenvalue weighted by Crippen LogP contribution is -2.28. The standard InChI is InChI=1S/C13H20ClN3O/c1-9(10-6-4-3-5-7-10)17-13-11(18-2)12(14)15-8-16-13/h8-10H,3-7H2,1-2H3,(H,15,16,17). The molecule has 1 saturated carbocycles. The van der Waals surface area contributed by atoms with Gasteiger partial charge in [0.15, 0.2) is 16.7 Å². The smallest absolute Gasteiger partial charge is 0.198 e. The summed E-state index contributed by atoms with van der Waals surface area (Å²) < 4.78 is 5.24. The lowest BCUT2D eigenvalue weighted by Gasteiger charge is -2.28. The van der Waals surface area contributed by atoms with Crippen LogP contribution < -0.4 is 10.1 Å². The molecule has 1 aromatic heterocycles. The summed E-state index contributed by atoms with van der Waals surface area (Å²) in [5.74, 6) is 1.93. The van der Waals surface area contributed by atoms with E-state index < -0.39 is 0 Å². The zero-order chi connectivity index (χ0) is 13.0. The molecular weight excluding hydrogens is 250 g/mol. The van der Waals surface area contributed by atoms with Crippen LogP contribution in [0.4, 0.5) is 5.82 Å². The molecule has 18 heavy (non-hydrogen) atoms. The van der Waals surface area contributed by atoms with Crippen molar-refractivity contribution in [2.24, 2.45) is 5.92 Å². The summed E-state index contributed by atoms with van der Waals surface area (Å²) in [6.45, 7) is 2.20. The molecular formula is C13H20ClN3O. The normalized spacial score (nSPS) is 18.4. The summed E-state index contributed by atoms with van der Waals surface area (Å²) in [4.78, 5) is 8.13. The molecule has 5 heteroatoms. The predicted octanol–water partition coefficient (Wildman–Crippen LogP) is 3.52. The molecule has 0 saturated heterocycles. The van der Waals surface area contributed by atoms with Gasteiger partial charge in [0.2, 0.25) is 0 Å². The fourth-order valence-corrected chi connectivity index (χ4v) is 2.81. The SMILES string of the molecule is COc1c(Cl)ncnc1NC(C)C1CCCCC1. The van der Waals surface area contributed by atoms with Crippen molar-refractivity contribution in [1.82, 2.24) is 9.97 Å². The van der Waals surface area contributed by atoms with E-state index in [4.69, 9.17) is 16.3 Å². The van der Waals surface area contributed by atoms with E-state index >= 15 is 0 Å². The molecule has 0 aliphatic heterocycles. The summed E-state index contributed by atoms with van der Waals surface area (Å²) >= 11 is 5.98. The van der Waals surface area contributed by atoms with Gasteiger partial charge in [0, 0.05) is 6.04 Å². The third-order valence-corrected chi connectivity index (χ3v) is 3.96. The summed E-state index contributed by atoms with van der Waals surface area (Å²) in [7, 11) is 1.58. The molecule has 1 unspecified atom stereocenters. The van der Waals surface area contributed by atoms with E-state index in [1.165, 1.54) is 38.4 Å². The van der Waals surface area contributed by atoms with Crippen LogP contribution in [0.15, 0.2) is 6.33 Å². The molecule has 0 bridgehead atoms. The van der Waals surface area contributed by atoms with Crippen molar-refractivity contribution in [3.8, 4) is 5.75 Å². The minimum Gasteiger partial charge on any atom is -0.490 e. The monoisotopic (exact) mass is 269 g/mol. The van der Waals surface area contributed by atoms with E-state index in [2.05, 4.69) is 22.2 Å². The van der Waals surface area contributed by atoms with Crippen LogP contribution in [0.2, 0.25) is 5.15 Å². The van der Waals surface area contributed by atoms with Crippen LogP contribution in [0.1, 0.15) is 39.0 Å². The molecule has 0 amide bonds. The van der Waals surface area contributed by atoms with E-state index in [1.54, 1.807) is 7.11 Å². The first kappa shape index (κ1) is 13.4. The van der Waals surface area contributed by atoms with Gasteiger partial charge in [0.1, 0.15) is 6.33 Å². The molecule has 1 atom stereocenters. The molecule has 1 heterocycles. The zero-order valence-electron chi connectivity index (χ0n) is 10.9. The van der Waals surface area contributed by atoms with Gasteiger partial charge in [-0.3, -0.25) is 0 Å². The molecule has 100 valence electrons.